The number of likely N-dealkylation sites (tertiary alicyclic amines) is 1. The lowest BCUT2D eigenvalue weighted by Crippen LogP contribution is -2.68. The van der Waals surface area contributed by atoms with E-state index in [1.54, 1.807) is 13.8 Å². The Morgan fingerprint density at radius 3 is 1.97 bits per heavy atom. The van der Waals surface area contributed by atoms with Crippen LogP contribution >= 0.6 is 21.6 Å². The molecule has 1 aliphatic carbocycles. The van der Waals surface area contributed by atoms with Crippen molar-refractivity contribution >= 4 is 86.6 Å². The highest BCUT2D eigenvalue weighted by Gasteiger charge is 2.48. The molecule has 0 aromatic carbocycles. The van der Waals surface area contributed by atoms with E-state index in [1.165, 1.54) is 4.90 Å². The van der Waals surface area contributed by atoms with E-state index >= 15 is 0 Å². The second kappa shape index (κ2) is 23.9. The van der Waals surface area contributed by atoms with Crippen LogP contribution < -0.4 is 65.9 Å². The van der Waals surface area contributed by atoms with E-state index in [0.717, 1.165) is 21.6 Å². The molecule has 2 heterocycles. The van der Waals surface area contributed by atoms with Gasteiger partial charge >= 0.3 is 0 Å². The van der Waals surface area contributed by atoms with Gasteiger partial charge in [-0.1, -0.05) is 41.9 Å². The number of nitrogens with two attached hydrogens (primary N) is 5. The van der Waals surface area contributed by atoms with E-state index in [1.807, 2.05) is 0 Å². The van der Waals surface area contributed by atoms with Crippen molar-refractivity contribution in [1.29, 1.82) is 0 Å². The van der Waals surface area contributed by atoms with Crippen molar-refractivity contribution in [2.75, 3.05) is 31.1 Å². The molecule has 0 bridgehead atoms. The molecule has 62 heavy (non-hydrogen) atoms. The van der Waals surface area contributed by atoms with Crippen LogP contribution in [0.5, 0.6) is 0 Å². The van der Waals surface area contributed by atoms with Crippen LogP contribution in [0.25, 0.3) is 0 Å². The van der Waals surface area contributed by atoms with Gasteiger partial charge in [0.25, 0.3) is 0 Å². The molecule has 0 unspecified atom stereocenters. The average molecular weight is 914 g/mol. The molecule has 1 spiro atoms. The van der Waals surface area contributed by atoms with Crippen LogP contribution in [0.15, 0.2) is 0 Å². The van der Waals surface area contributed by atoms with Crippen molar-refractivity contribution in [2.24, 2.45) is 34.6 Å². The first-order valence-electron chi connectivity index (χ1n) is 20.2. The SMILES string of the molecule is CC[C@H](C)[C@@H]1NC(=O)C2(CCC2)NC(=O)[C@@H](N)CSSC[C@@H](C(=O)N2CCC[C@H]2C(=O)N[C@@H](CCN)C(=O)NCC(N)=O)NC(=O)[C@H](CC(N)=O)NC(=O)[C@H](CC(N)=O)NC1=O. The number of nitrogens with zero attached hydrogens (tertiary/aromatic N) is 1. The Kier molecular flexibility index (Phi) is 19.7. The standard InChI is InChI=1S/C36H59N13O11S2/c1-3-17(2)27-33(58)45-21(13-25(40)51)30(55)44-20(12-24(39)50)31(56)46-22(16-62-61-15-18(38)28(53)48-36(8-5-9-36)35(60)47-27)34(59)49-11-4-6-23(49)32(57)43-19(7-10-37)29(54)42-14-26(41)52/h17-23,27H,3-16,37-38H2,1-2H3,(H2,39,50)(H2,40,51)(H2,41,52)(H,42,54)(H,43,57)(H,44,55)(H,45,58)(H,46,56)(H,47,60)(H,48,53)/t17-,18-,19-,20-,21-,22-,23-,27-/m0/s1. The number of primary amides is 3. The van der Waals surface area contributed by atoms with Crippen LogP contribution in [0.3, 0.4) is 0 Å². The number of hydrogen-bond acceptors (Lipinski definition) is 15. The van der Waals surface area contributed by atoms with Crippen molar-refractivity contribution < 1.29 is 52.7 Å². The summed E-state index contributed by atoms with van der Waals surface area (Å²) in [5, 5.41) is 17.5. The first kappa shape index (κ1) is 51.1. The number of amides is 11. The Morgan fingerprint density at radius 2 is 1.42 bits per heavy atom. The van der Waals surface area contributed by atoms with E-state index < -0.39 is 138 Å². The van der Waals surface area contributed by atoms with Gasteiger partial charge in [-0.2, -0.15) is 0 Å². The minimum Gasteiger partial charge on any atom is -0.370 e. The molecule has 0 aromatic heterocycles. The zero-order chi connectivity index (χ0) is 46.3. The summed E-state index contributed by atoms with van der Waals surface area (Å²) in [4.78, 5) is 146. The summed E-state index contributed by atoms with van der Waals surface area (Å²) in [6.07, 6.45) is 0.365. The summed E-state index contributed by atoms with van der Waals surface area (Å²) in [6.45, 7) is 2.94. The van der Waals surface area contributed by atoms with Gasteiger partial charge in [0, 0.05) is 18.1 Å². The van der Waals surface area contributed by atoms with Gasteiger partial charge < -0.3 is 70.8 Å². The zero-order valence-corrected chi connectivity index (χ0v) is 36.3. The summed E-state index contributed by atoms with van der Waals surface area (Å²) in [5.74, 6) is -10.3. The molecule has 3 fully saturated rings. The third-order valence-electron chi connectivity index (χ3n) is 10.7. The molecule has 3 rings (SSSR count). The molecule has 0 aromatic rings. The van der Waals surface area contributed by atoms with Crippen LogP contribution in [0.2, 0.25) is 0 Å². The lowest BCUT2D eigenvalue weighted by molar-refractivity contribution is -0.142. The van der Waals surface area contributed by atoms with Crippen LogP contribution in [0.1, 0.15) is 71.6 Å². The lowest BCUT2D eigenvalue weighted by Gasteiger charge is -2.42. The molecule has 1 saturated carbocycles. The molecule has 2 aliphatic heterocycles. The molecule has 17 N–H and O–H groups in total. The average Bonchev–Trinajstić information content (AvgIpc) is 3.69. The Balaban J connectivity index is 1.99. The lowest BCUT2D eigenvalue weighted by atomic mass is 9.75. The molecular weight excluding hydrogens is 855 g/mol. The van der Waals surface area contributed by atoms with E-state index in [-0.39, 0.29) is 50.3 Å². The smallest absolute Gasteiger partial charge is 0.246 e. The van der Waals surface area contributed by atoms with E-state index in [4.69, 9.17) is 28.7 Å². The fourth-order valence-corrected chi connectivity index (χ4v) is 9.15. The molecular formula is C36H59N13O11S2. The summed E-state index contributed by atoms with van der Waals surface area (Å²) in [6, 6.07) is -9.67. The Labute approximate surface area is 365 Å². The van der Waals surface area contributed by atoms with Gasteiger partial charge in [0.2, 0.25) is 65.0 Å². The summed E-state index contributed by atoms with van der Waals surface area (Å²) in [5.41, 5.74) is 26.5. The summed E-state index contributed by atoms with van der Waals surface area (Å²) >= 11 is 0. The fourth-order valence-electron chi connectivity index (χ4n) is 6.87. The van der Waals surface area contributed by atoms with E-state index in [2.05, 4.69) is 37.2 Å². The first-order valence-corrected chi connectivity index (χ1v) is 22.7. The highest BCUT2D eigenvalue weighted by atomic mass is 33.1. The van der Waals surface area contributed by atoms with Crippen LogP contribution in [-0.4, -0.2) is 149 Å². The largest absolute Gasteiger partial charge is 0.370 e. The maximum absolute atomic E-state index is 14.3. The molecule has 3 aliphatic rings. The van der Waals surface area contributed by atoms with Gasteiger partial charge in [-0.3, -0.25) is 52.7 Å². The molecule has 26 heteroatoms. The molecule has 346 valence electrons. The fraction of sp³-hybridized carbons (Fsp3) is 0.694. The number of carbonyl (C=O) groups excluding carboxylic acids is 11. The van der Waals surface area contributed by atoms with Gasteiger partial charge in [-0.25, -0.2) is 0 Å². The van der Waals surface area contributed by atoms with E-state index in [0.29, 0.717) is 19.3 Å². The number of hydrogen-bond donors (Lipinski definition) is 12. The van der Waals surface area contributed by atoms with Crippen LogP contribution in [0, 0.1) is 5.92 Å². The van der Waals surface area contributed by atoms with Crippen molar-refractivity contribution in [3.63, 3.8) is 0 Å². The highest BCUT2D eigenvalue weighted by molar-refractivity contribution is 8.76. The number of nitrogens with one attached hydrogen (secondary N) is 7. The molecule has 8 atom stereocenters. The monoisotopic (exact) mass is 913 g/mol. The van der Waals surface area contributed by atoms with Crippen molar-refractivity contribution in [1.82, 2.24) is 42.1 Å². The minimum atomic E-state index is -1.76. The first-order chi connectivity index (χ1) is 29.2. The molecule has 2 saturated heterocycles. The van der Waals surface area contributed by atoms with Crippen LogP contribution in [-0.2, 0) is 52.7 Å². The second-order valence-electron chi connectivity index (χ2n) is 15.5. The zero-order valence-electron chi connectivity index (χ0n) is 34.7. The quantitative estimate of drug-likeness (QED) is 0.0722. The second-order valence-corrected chi connectivity index (χ2v) is 18.0. The van der Waals surface area contributed by atoms with Gasteiger partial charge in [0.05, 0.1) is 25.4 Å². The van der Waals surface area contributed by atoms with Gasteiger partial charge in [-0.15, -0.1) is 0 Å². The predicted octanol–water partition coefficient (Wildman–Crippen LogP) is -6.09. The highest BCUT2D eigenvalue weighted by Crippen LogP contribution is 2.33. The van der Waals surface area contributed by atoms with Crippen LogP contribution in [0.4, 0.5) is 0 Å². The van der Waals surface area contributed by atoms with Gasteiger partial charge in [0.1, 0.15) is 41.8 Å². The predicted molar refractivity (Wildman–Crippen MR) is 225 cm³/mol. The Morgan fingerprint density at radius 1 is 0.823 bits per heavy atom. The number of rotatable bonds is 14. The third-order valence-corrected chi connectivity index (χ3v) is 13.2. The normalized spacial score (nSPS) is 26.2. The topological polar surface area (TPSA) is 405 Å². The maximum Gasteiger partial charge on any atom is 0.246 e. The molecule has 0 radical (unpaired) electrons. The maximum atomic E-state index is 14.3. The Hall–Kier alpha value is -5.21. The van der Waals surface area contributed by atoms with Crippen molar-refractivity contribution in [3.05, 3.63) is 0 Å². The van der Waals surface area contributed by atoms with Gasteiger partial charge in [-0.05, 0) is 51.0 Å². The Bertz CT molecular complexity index is 1740. The molecule has 24 nitrogen and oxygen atoms in total. The van der Waals surface area contributed by atoms with Gasteiger partial charge in [0.15, 0.2) is 0 Å². The summed E-state index contributed by atoms with van der Waals surface area (Å²) < 4.78 is 0. The van der Waals surface area contributed by atoms with Crippen molar-refractivity contribution in [2.45, 2.75) is 119 Å². The van der Waals surface area contributed by atoms with Crippen molar-refractivity contribution in [3.8, 4) is 0 Å². The third kappa shape index (κ3) is 14.4. The van der Waals surface area contributed by atoms with E-state index in [9.17, 15) is 52.7 Å². The number of carbonyl (C=O) groups is 11. The minimum absolute atomic E-state index is 0.0206. The summed E-state index contributed by atoms with van der Waals surface area (Å²) in [7, 11) is 2.09. The molecule has 11 amide bonds.